The summed E-state index contributed by atoms with van der Waals surface area (Å²) in [5.74, 6) is -0.0501. The fourth-order valence-corrected chi connectivity index (χ4v) is 4.72. The van der Waals surface area contributed by atoms with E-state index in [4.69, 9.17) is 9.47 Å². The van der Waals surface area contributed by atoms with Gasteiger partial charge in [0.2, 0.25) is 0 Å². The van der Waals surface area contributed by atoms with Crippen LogP contribution in [0.2, 0.25) is 0 Å². The maximum atomic E-state index is 13.2. The topological polar surface area (TPSA) is 44.8 Å². The van der Waals surface area contributed by atoms with Gasteiger partial charge in [-0.15, -0.1) is 24.5 Å². The number of unbranched alkanes of at least 4 members (excludes halogenated alkanes) is 2. The summed E-state index contributed by atoms with van der Waals surface area (Å²) in [6.45, 7) is 9.79. The zero-order chi connectivity index (χ0) is 26.3. The van der Waals surface area contributed by atoms with Crippen LogP contribution in [0, 0.1) is 5.41 Å². The van der Waals surface area contributed by atoms with Crippen molar-refractivity contribution >= 4 is 27.4 Å². The fraction of sp³-hybridized carbons (Fsp3) is 0.393. The number of alkyl halides is 3. The molecule has 194 valence electrons. The van der Waals surface area contributed by atoms with Gasteiger partial charge in [0.05, 0.1) is 13.2 Å². The second-order valence-electron chi connectivity index (χ2n) is 9.41. The minimum absolute atomic E-state index is 0.180. The van der Waals surface area contributed by atoms with Crippen molar-refractivity contribution in [2.45, 2.75) is 52.8 Å². The molecule has 1 aromatic heterocycles. The van der Waals surface area contributed by atoms with Crippen molar-refractivity contribution in [1.82, 2.24) is 0 Å². The van der Waals surface area contributed by atoms with Crippen LogP contribution in [0.25, 0.3) is 20.5 Å². The molecule has 8 heteroatoms. The van der Waals surface area contributed by atoms with E-state index in [1.165, 1.54) is 17.4 Å². The molecule has 0 saturated carbocycles. The standard InChI is InChI=1S/C28H31F3O4S/c1-5-7-8-9-19-10-13-22(23(14-19)35-28(29,30)31)25-15-20-11-12-21(16-24(20)36-25)33-17-27(3,4)18-34-26(32)6-2/h6,10-16H,2,5,7-9,17-18H2,1,3-4H3. The molecule has 0 unspecified atom stereocenters. The van der Waals surface area contributed by atoms with E-state index in [1.54, 1.807) is 6.07 Å². The molecule has 0 radical (unpaired) electrons. The Labute approximate surface area is 213 Å². The van der Waals surface area contributed by atoms with Crippen LogP contribution in [0.5, 0.6) is 11.5 Å². The first-order valence-corrected chi connectivity index (χ1v) is 12.7. The number of fused-ring (bicyclic) bond motifs is 1. The van der Waals surface area contributed by atoms with Crippen LogP contribution in [0.4, 0.5) is 13.2 Å². The third kappa shape index (κ3) is 8.01. The minimum Gasteiger partial charge on any atom is -0.493 e. The predicted molar refractivity (Wildman–Crippen MR) is 138 cm³/mol. The molecule has 3 rings (SSSR count). The molecule has 3 aromatic rings. The Kier molecular flexibility index (Phi) is 9.06. The maximum absolute atomic E-state index is 13.2. The van der Waals surface area contributed by atoms with E-state index in [2.05, 4.69) is 18.2 Å². The summed E-state index contributed by atoms with van der Waals surface area (Å²) in [5.41, 5.74) is 0.807. The lowest BCUT2D eigenvalue weighted by Crippen LogP contribution is -2.28. The van der Waals surface area contributed by atoms with Crippen molar-refractivity contribution in [2.24, 2.45) is 5.41 Å². The fourth-order valence-electron chi connectivity index (χ4n) is 3.59. The normalized spacial score (nSPS) is 11.9. The second kappa shape index (κ2) is 11.8. The van der Waals surface area contributed by atoms with Gasteiger partial charge in [0.15, 0.2) is 0 Å². The first-order valence-electron chi connectivity index (χ1n) is 11.8. The number of rotatable bonds is 12. The van der Waals surface area contributed by atoms with E-state index in [0.29, 0.717) is 29.2 Å². The number of benzene rings is 2. The molecule has 0 aliphatic rings. The molecule has 4 nitrogen and oxygen atoms in total. The SMILES string of the molecule is C=CC(=O)OCC(C)(C)COc1ccc2cc(-c3ccc(CCCCC)cc3OC(F)(F)F)sc2c1. The summed E-state index contributed by atoms with van der Waals surface area (Å²) in [5, 5.41) is 0.895. The summed E-state index contributed by atoms with van der Waals surface area (Å²) in [6.07, 6.45) is 0.0254. The van der Waals surface area contributed by atoms with Crippen LogP contribution < -0.4 is 9.47 Å². The lowest BCUT2D eigenvalue weighted by Gasteiger charge is -2.24. The van der Waals surface area contributed by atoms with Crippen molar-refractivity contribution < 1.29 is 32.2 Å². The van der Waals surface area contributed by atoms with Gasteiger partial charge in [-0.1, -0.05) is 46.3 Å². The Morgan fingerprint density at radius 1 is 1.06 bits per heavy atom. The Bertz CT molecular complexity index is 1200. The Balaban J connectivity index is 1.81. The van der Waals surface area contributed by atoms with Gasteiger partial charge in [-0.25, -0.2) is 4.79 Å². The average Bonchev–Trinajstić information content (AvgIpc) is 3.24. The quantitative estimate of drug-likeness (QED) is 0.137. The van der Waals surface area contributed by atoms with Crippen LogP contribution in [0.1, 0.15) is 45.6 Å². The number of hydrogen-bond donors (Lipinski definition) is 0. The highest BCUT2D eigenvalue weighted by molar-refractivity contribution is 7.22. The number of carbonyl (C=O) groups excluding carboxylic acids is 1. The van der Waals surface area contributed by atoms with E-state index < -0.39 is 17.7 Å². The molecule has 0 atom stereocenters. The zero-order valence-corrected chi connectivity index (χ0v) is 21.6. The molecule has 0 spiro atoms. The average molecular weight is 521 g/mol. The van der Waals surface area contributed by atoms with Gasteiger partial charge in [-0.2, -0.15) is 0 Å². The zero-order valence-electron chi connectivity index (χ0n) is 20.7. The highest BCUT2D eigenvalue weighted by Crippen LogP contribution is 2.41. The van der Waals surface area contributed by atoms with Crippen LogP contribution in [-0.2, 0) is 16.0 Å². The number of hydrogen-bond acceptors (Lipinski definition) is 5. The maximum Gasteiger partial charge on any atom is 0.573 e. The summed E-state index contributed by atoms with van der Waals surface area (Å²) in [6, 6.07) is 12.5. The van der Waals surface area contributed by atoms with Crippen LogP contribution in [0.15, 0.2) is 55.1 Å². The highest BCUT2D eigenvalue weighted by atomic mass is 32.1. The molecular formula is C28H31F3O4S. The Hall–Kier alpha value is -3.00. The van der Waals surface area contributed by atoms with Gasteiger partial charge < -0.3 is 14.2 Å². The van der Waals surface area contributed by atoms with Crippen LogP contribution >= 0.6 is 11.3 Å². The Morgan fingerprint density at radius 2 is 1.83 bits per heavy atom. The number of ether oxygens (including phenoxy) is 3. The lowest BCUT2D eigenvalue weighted by atomic mass is 9.96. The van der Waals surface area contributed by atoms with E-state index in [-0.39, 0.29) is 12.4 Å². The van der Waals surface area contributed by atoms with Crippen molar-refractivity contribution in [1.29, 1.82) is 0 Å². The molecular weight excluding hydrogens is 489 g/mol. The number of halogens is 3. The number of aryl methyl sites for hydroxylation is 1. The van der Waals surface area contributed by atoms with Crippen molar-refractivity contribution in [3.05, 3.63) is 60.7 Å². The van der Waals surface area contributed by atoms with Gasteiger partial charge in [0.1, 0.15) is 11.5 Å². The van der Waals surface area contributed by atoms with Crippen molar-refractivity contribution in [2.75, 3.05) is 13.2 Å². The summed E-state index contributed by atoms with van der Waals surface area (Å²) in [7, 11) is 0. The monoisotopic (exact) mass is 520 g/mol. The summed E-state index contributed by atoms with van der Waals surface area (Å²) >= 11 is 1.37. The van der Waals surface area contributed by atoms with Crippen molar-refractivity contribution in [3.8, 4) is 21.9 Å². The number of esters is 1. The molecule has 36 heavy (non-hydrogen) atoms. The van der Waals surface area contributed by atoms with Gasteiger partial charge in [0.25, 0.3) is 0 Å². The van der Waals surface area contributed by atoms with Crippen LogP contribution in [0.3, 0.4) is 0 Å². The van der Waals surface area contributed by atoms with E-state index >= 15 is 0 Å². The van der Waals surface area contributed by atoms with Gasteiger partial charge in [0, 0.05) is 26.6 Å². The minimum atomic E-state index is -4.78. The molecule has 0 bridgehead atoms. The summed E-state index contributed by atoms with van der Waals surface area (Å²) < 4.78 is 55.8. The molecule has 0 amide bonds. The smallest absolute Gasteiger partial charge is 0.493 e. The molecule has 0 aliphatic heterocycles. The molecule has 0 fully saturated rings. The van der Waals surface area contributed by atoms with Crippen molar-refractivity contribution in [3.63, 3.8) is 0 Å². The Morgan fingerprint density at radius 3 is 2.53 bits per heavy atom. The molecule has 0 N–H and O–H groups in total. The summed E-state index contributed by atoms with van der Waals surface area (Å²) in [4.78, 5) is 12.0. The predicted octanol–water partition coefficient (Wildman–Crippen LogP) is 8.33. The number of thiophene rings is 1. The largest absolute Gasteiger partial charge is 0.573 e. The lowest BCUT2D eigenvalue weighted by molar-refractivity contribution is -0.274. The molecule has 2 aromatic carbocycles. The van der Waals surface area contributed by atoms with E-state index in [1.807, 2.05) is 44.2 Å². The van der Waals surface area contributed by atoms with E-state index in [0.717, 1.165) is 41.0 Å². The first-order chi connectivity index (χ1) is 17.0. The van der Waals surface area contributed by atoms with E-state index in [9.17, 15) is 18.0 Å². The third-order valence-electron chi connectivity index (χ3n) is 5.50. The molecule has 0 aliphatic carbocycles. The second-order valence-corrected chi connectivity index (χ2v) is 10.5. The highest BCUT2D eigenvalue weighted by Gasteiger charge is 2.32. The van der Waals surface area contributed by atoms with Gasteiger partial charge in [-0.3, -0.25) is 0 Å². The van der Waals surface area contributed by atoms with Gasteiger partial charge >= 0.3 is 12.3 Å². The number of carbonyl (C=O) groups is 1. The molecule has 0 saturated heterocycles. The third-order valence-corrected chi connectivity index (χ3v) is 6.63. The van der Waals surface area contributed by atoms with Crippen LogP contribution in [-0.4, -0.2) is 25.5 Å². The molecule has 1 heterocycles. The first kappa shape index (κ1) is 27.6. The van der Waals surface area contributed by atoms with Gasteiger partial charge in [-0.05, 0) is 60.2 Å².